The molecule has 1 saturated heterocycles. The highest BCUT2D eigenvalue weighted by Crippen LogP contribution is 2.46. The molecule has 178 valence electrons. The predicted molar refractivity (Wildman–Crippen MR) is 142 cm³/mol. The van der Waals surface area contributed by atoms with Crippen LogP contribution >= 0.6 is 35.4 Å². The fraction of sp³-hybridized carbons (Fsp3) is 0.154. The van der Waals surface area contributed by atoms with Crippen LogP contribution < -0.4 is 19.7 Å². The summed E-state index contributed by atoms with van der Waals surface area (Å²) in [5, 5.41) is 5.01. The second kappa shape index (κ2) is 9.77. The first-order chi connectivity index (χ1) is 17.0. The number of rotatable bonds is 6. The zero-order chi connectivity index (χ0) is 24.5. The molecule has 1 N–H and O–H groups in total. The number of benzene rings is 2. The Hall–Kier alpha value is -3.26. The summed E-state index contributed by atoms with van der Waals surface area (Å²) in [5.74, 6) is 2.61. The molecule has 9 heteroatoms. The lowest BCUT2D eigenvalue weighted by Crippen LogP contribution is -2.29. The Balaban J connectivity index is 1.63. The van der Waals surface area contributed by atoms with Gasteiger partial charge in [0.1, 0.15) is 29.1 Å². The maximum Gasteiger partial charge on any atom is 0.174 e. The van der Waals surface area contributed by atoms with Crippen LogP contribution in [0.4, 0.5) is 5.69 Å². The molecule has 2 atom stereocenters. The van der Waals surface area contributed by atoms with Crippen molar-refractivity contribution < 1.29 is 13.9 Å². The quantitative estimate of drug-likeness (QED) is 0.276. The van der Waals surface area contributed by atoms with Crippen LogP contribution in [0.2, 0.25) is 10.0 Å². The summed E-state index contributed by atoms with van der Waals surface area (Å²) < 4.78 is 17.4. The minimum absolute atomic E-state index is 0.268. The number of hydrogen-bond donors (Lipinski definition) is 1. The fourth-order valence-electron chi connectivity index (χ4n) is 4.23. The number of methoxy groups -OCH3 is 2. The molecule has 0 radical (unpaired) electrons. The molecule has 2 aromatic carbocycles. The molecule has 3 heterocycles. The van der Waals surface area contributed by atoms with E-state index in [1.807, 2.05) is 59.5 Å². The van der Waals surface area contributed by atoms with E-state index in [4.69, 9.17) is 49.3 Å². The van der Waals surface area contributed by atoms with Gasteiger partial charge in [-0.2, -0.15) is 0 Å². The van der Waals surface area contributed by atoms with E-state index in [1.165, 1.54) is 0 Å². The van der Waals surface area contributed by atoms with E-state index in [9.17, 15) is 0 Å². The topological polar surface area (TPSA) is 59.8 Å². The molecule has 35 heavy (non-hydrogen) atoms. The fourth-order valence-corrected chi connectivity index (χ4v) is 5.07. The maximum absolute atomic E-state index is 6.45. The summed E-state index contributed by atoms with van der Waals surface area (Å²) >= 11 is 18.3. The van der Waals surface area contributed by atoms with E-state index < -0.39 is 0 Å². The van der Waals surface area contributed by atoms with Crippen molar-refractivity contribution in [2.24, 2.45) is 0 Å². The van der Waals surface area contributed by atoms with Gasteiger partial charge in [0.25, 0.3) is 0 Å². The number of nitrogens with one attached hydrogen (secondary N) is 1. The molecule has 6 nitrogen and oxygen atoms in total. The second-order valence-corrected chi connectivity index (χ2v) is 9.09. The normalized spacial score (nSPS) is 17.4. The number of anilines is 1. The molecule has 0 saturated carbocycles. The monoisotopic (exact) mass is 525 g/mol. The van der Waals surface area contributed by atoms with Crippen LogP contribution in [-0.2, 0) is 0 Å². The van der Waals surface area contributed by atoms with E-state index in [0.29, 0.717) is 38.2 Å². The van der Waals surface area contributed by atoms with Gasteiger partial charge < -0.3 is 24.1 Å². The van der Waals surface area contributed by atoms with Gasteiger partial charge in [-0.1, -0.05) is 29.3 Å². The van der Waals surface area contributed by atoms with E-state index in [-0.39, 0.29) is 12.1 Å². The van der Waals surface area contributed by atoms with Crippen LogP contribution in [0.25, 0.3) is 11.3 Å². The Bertz CT molecular complexity index is 1380. The highest BCUT2D eigenvalue weighted by atomic mass is 35.5. The van der Waals surface area contributed by atoms with Gasteiger partial charge >= 0.3 is 0 Å². The first-order valence-corrected chi connectivity index (χ1v) is 11.9. The van der Waals surface area contributed by atoms with Crippen molar-refractivity contribution in [3.63, 3.8) is 0 Å². The van der Waals surface area contributed by atoms with Crippen molar-refractivity contribution in [2.75, 3.05) is 19.1 Å². The third-order valence-electron chi connectivity index (χ3n) is 5.86. The lowest BCUT2D eigenvalue weighted by atomic mass is 10.0. The van der Waals surface area contributed by atoms with E-state index in [0.717, 1.165) is 16.9 Å². The van der Waals surface area contributed by atoms with Crippen LogP contribution in [0.5, 0.6) is 11.5 Å². The Labute approximate surface area is 218 Å². The third-order valence-corrected chi connectivity index (χ3v) is 6.72. The minimum Gasteiger partial charge on any atom is -0.497 e. The van der Waals surface area contributed by atoms with Crippen molar-refractivity contribution in [1.82, 2.24) is 10.3 Å². The highest BCUT2D eigenvalue weighted by molar-refractivity contribution is 7.80. The Morgan fingerprint density at radius 2 is 1.86 bits per heavy atom. The molecule has 0 aliphatic carbocycles. The standard InChI is InChI=1S/C26H21Cl2N3O3S/c1-32-16-7-9-20(23(14-16)33-2)31-25(24(30-26(31)35)19-5-3-4-12-29-19)22-11-10-21(34-22)17-8-6-15(27)13-18(17)28/h3-14,24-25H,1-2H3,(H,30,35)/t24-,25+/m1/s1. The number of ether oxygens (including phenoxy) is 2. The van der Waals surface area contributed by atoms with Crippen molar-refractivity contribution in [1.29, 1.82) is 0 Å². The molecule has 0 spiro atoms. The number of pyridine rings is 1. The largest absolute Gasteiger partial charge is 0.497 e. The molecule has 0 bridgehead atoms. The predicted octanol–water partition coefficient (Wildman–Crippen LogP) is 6.84. The van der Waals surface area contributed by atoms with Crippen LogP contribution in [0, 0.1) is 0 Å². The minimum atomic E-state index is -0.348. The molecule has 0 amide bonds. The zero-order valence-electron chi connectivity index (χ0n) is 18.9. The summed E-state index contributed by atoms with van der Waals surface area (Å²) in [6.07, 6.45) is 1.76. The summed E-state index contributed by atoms with van der Waals surface area (Å²) in [6.45, 7) is 0. The Morgan fingerprint density at radius 1 is 1.00 bits per heavy atom. The SMILES string of the molecule is COc1ccc(N2C(=S)N[C@H](c3ccccn3)[C@@H]2c2ccc(-c3ccc(Cl)cc3Cl)o2)c(OC)c1. The van der Waals surface area contributed by atoms with E-state index >= 15 is 0 Å². The first kappa shape index (κ1) is 23.5. The van der Waals surface area contributed by atoms with Gasteiger partial charge in [-0.05, 0) is 66.8 Å². The van der Waals surface area contributed by atoms with Crippen molar-refractivity contribution in [2.45, 2.75) is 12.1 Å². The van der Waals surface area contributed by atoms with Gasteiger partial charge in [0, 0.05) is 22.8 Å². The molecular weight excluding hydrogens is 505 g/mol. The molecule has 5 rings (SSSR count). The van der Waals surface area contributed by atoms with Crippen LogP contribution in [0.3, 0.4) is 0 Å². The molecule has 4 aromatic rings. The summed E-state index contributed by atoms with van der Waals surface area (Å²) in [5.41, 5.74) is 2.35. The van der Waals surface area contributed by atoms with Crippen LogP contribution in [0.1, 0.15) is 23.5 Å². The average molecular weight is 526 g/mol. The highest BCUT2D eigenvalue weighted by Gasteiger charge is 2.43. The van der Waals surface area contributed by atoms with Crippen LogP contribution in [-0.4, -0.2) is 24.3 Å². The lowest BCUT2D eigenvalue weighted by molar-refractivity contribution is 0.392. The van der Waals surface area contributed by atoms with Gasteiger partial charge in [-0.3, -0.25) is 4.98 Å². The van der Waals surface area contributed by atoms with Crippen molar-refractivity contribution in [3.8, 4) is 22.8 Å². The number of nitrogens with zero attached hydrogens (tertiary/aromatic N) is 2. The molecular formula is C26H21Cl2N3O3S. The molecule has 1 fully saturated rings. The smallest absolute Gasteiger partial charge is 0.174 e. The van der Waals surface area contributed by atoms with Crippen LogP contribution in [0.15, 0.2) is 77.3 Å². The average Bonchev–Trinajstić information content (AvgIpc) is 3.48. The zero-order valence-corrected chi connectivity index (χ0v) is 21.2. The maximum atomic E-state index is 6.45. The van der Waals surface area contributed by atoms with Gasteiger partial charge in [-0.25, -0.2) is 0 Å². The second-order valence-electron chi connectivity index (χ2n) is 7.86. The summed E-state index contributed by atoms with van der Waals surface area (Å²) in [7, 11) is 3.23. The summed E-state index contributed by atoms with van der Waals surface area (Å²) in [6, 6.07) is 19.9. The molecule has 2 aromatic heterocycles. The summed E-state index contributed by atoms with van der Waals surface area (Å²) in [4.78, 5) is 6.57. The lowest BCUT2D eigenvalue weighted by Gasteiger charge is -2.27. The third kappa shape index (κ3) is 4.43. The number of hydrogen-bond acceptors (Lipinski definition) is 5. The molecule has 1 aliphatic heterocycles. The van der Waals surface area contributed by atoms with E-state index in [1.54, 1.807) is 32.5 Å². The Morgan fingerprint density at radius 3 is 2.57 bits per heavy atom. The molecule has 0 unspecified atom stereocenters. The number of furan rings is 1. The van der Waals surface area contributed by atoms with Gasteiger partial charge in [0.15, 0.2) is 5.11 Å². The Kier molecular flexibility index (Phi) is 6.56. The van der Waals surface area contributed by atoms with E-state index in [2.05, 4.69) is 10.3 Å². The van der Waals surface area contributed by atoms with Crippen molar-refractivity contribution in [3.05, 3.63) is 94.4 Å². The van der Waals surface area contributed by atoms with Crippen molar-refractivity contribution >= 4 is 46.2 Å². The number of aromatic nitrogens is 1. The van der Waals surface area contributed by atoms with Gasteiger partial charge in [0.2, 0.25) is 0 Å². The van der Waals surface area contributed by atoms with Gasteiger partial charge in [0.05, 0.1) is 36.7 Å². The number of thiocarbonyl (C=S) groups is 1. The number of halogens is 2. The first-order valence-electron chi connectivity index (χ1n) is 10.8. The molecule has 1 aliphatic rings. The van der Waals surface area contributed by atoms with Gasteiger partial charge in [-0.15, -0.1) is 0 Å².